The molecule has 0 radical (unpaired) electrons. The van der Waals surface area contributed by atoms with Crippen LogP contribution in [-0.2, 0) is 11.9 Å². The summed E-state index contributed by atoms with van der Waals surface area (Å²) in [6.45, 7) is 0.0797. The number of hydrogen-bond acceptors (Lipinski definition) is 2. The van der Waals surface area contributed by atoms with Crippen LogP contribution in [0, 0.1) is 0 Å². The summed E-state index contributed by atoms with van der Waals surface area (Å²) in [6.07, 6.45) is 0. The molecule has 1 N–H and O–H groups in total. The lowest BCUT2D eigenvalue weighted by Crippen LogP contribution is -1.89. The van der Waals surface area contributed by atoms with Gasteiger partial charge in [0.2, 0.25) is 0 Å². The summed E-state index contributed by atoms with van der Waals surface area (Å²) in [5, 5.41) is 13.3. The van der Waals surface area contributed by atoms with Crippen LogP contribution in [0.1, 0.15) is 11.1 Å². The Morgan fingerprint density at radius 2 is 2.21 bits per heavy atom. The van der Waals surface area contributed by atoms with Gasteiger partial charge in [-0.05, 0) is 28.5 Å². The zero-order chi connectivity index (χ0) is 10.1. The Morgan fingerprint density at radius 1 is 1.43 bits per heavy atom. The zero-order valence-corrected chi connectivity index (χ0v) is 11.2. The van der Waals surface area contributed by atoms with E-state index in [1.165, 1.54) is 10.3 Å². The van der Waals surface area contributed by atoms with Crippen LogP contribution in [0.5, 0.6) is 0 Å². The highest BCUT2D eigenvalue weighted by Crippen LogP contribution is 2.34. The third kappa shape index (κ3) is 1.65. The van der Waals surface area contributed by atoms with Gasteiger partial charge >= 0.3 is 0 Å². The minimum absolute atomic E-state index is 0.0797. The van der Waals surface area contributed by atoms with E-state index in [-0.39, 0.29) is 6.61 Å². The summed E-state index contributed by atoms with van der Waals surface area (Å²) in [6, 6.07) is 4.13. The minimum atomic E-state index is 0.0797. The molecule has 0 fully saturated rings. The van der Waals surface area contributed by atoms with Gasteiger partial charge in [-0.3, -0.25) is 0 Å². The molecule has 0 saturated carbocycles. The Labute approximate surface area is 103 Å². The Bertz CT molecular complexity index is 464. The highest BCUT2D eigenvalue weighted by molar-refractivity contribution is 9.10. The first kappa shape index (κ1) is 10.6. The Kier molecular flexibility index (Phi) is 3.27. The van der Waals surface area contributed by atoms with Crippen molar-refractivity contribution >= 4 is 53.3 Å². The number of benzene rings is 1. The van der Waals surface area contributed by atoms with Crippen molar-refractivity contribution in [3.05, 3.63) is 33.1 Å². The van der Waals surface area contributed by atoms with E-state index in [2.05, 4.69) is 49.4 Å². The molecule has 4 heteroatoms. The highest BCUT2D eigenvalue weighted by Gasteiger charge is 2.10. The number of aliphatic hydroxyl groups is 1. The van der Waals surface area contributed by atoms with E-state index < -0.39 is 0 Å². The number of halogens is 2. The maximum absolute atomic E-state index is 9.26. The Balaban J connectivity index is 2.81. The number of aliphatic hydroxyl groups excluding tert-OH is 1. The van der Waals surface area contributed by atoms with E-state index in [4.69, 9.17) is 0 Å². The first-order valence-corrected chi connectivity index (χ1v) is 6.91. The zero-order valence-electron chi connectivity index (χ0n) is 7.26. The molecule has 2 rings (SSSR count). The van der Waals surface area contributed by atoms with Gasteiger partial charge in [-0.15, -0.1) is 11.3 Å². The molecule has 74 valence electrons. The number of alkyl halides is 1. The predicted molar refractivity (Wildman–Crippen MR) is 68.1 cm³/mol. The topological polar surface area (TPSA) is 20.2 Å². The quantitative estimate of drug-likeness (QED) is 0.821. The normalized spacial score (nSPS) is 11.1. The minimum Gasteiger partial charge on any atom is -0.392 e. The standard InChI is InChI=1S/C10H8Br2OS/c11-4-6-3-9(12)8(5-13)7-1-2-14-10(6)7/h1-3,13H,4-5H2. The molecule has 0 spiro atoms. The molecule has 2 aromatic rings. The third-order valence-electron chi connectivity index (χ3n) is 2.17. The van der Waals surface area contributed by atoms with Gasteiger partial charge < -0.3 is 5.11 Å². The molecule has 1 aromatic carbocycles. The van der Waals surface area contributed by atoms with Crippen LogP contribution in [0.4, 0.5) is 0 Å². The van der Waals surface area contributed by atoms with Crippen molar-refractivity contribution < 1.29 is 5.11 Å². The number of fused-ring (bicyclic) bond motifs is 1. The first-order valence-electron chi connectivity index (χ1n) is 4.12. The average Bonchev–Trinajstić information content (AvgIpc) is 2.65. The van der Waals surface area contributed by atoms with Crippen molar-refractivity contribution in [1.29, 1.82) is 0 Å². The van der Waals surface area contributed by atoms with Gasteiger partial charge in [0.25, 0.3) is 0 Å². The SMILES string of the molecule is OCc1c(Br)cc(CBr)c2sccc12. The maximum Gasteiger partial charge on any atom is 0.0699 e. The molecule has 1 heterocycles. The summed E-state index contributed by atoms with van der Waals surface area (Å²) in [5.41, 5.74) is 2.24. The van der Waals surface area contributed by atoms with E-state index in [1.54, 1.807) is 11.3 Å². The summed E-state index contributed by atoms with van der Waals surface area (Å²) in [5.74, 6) is 0. The summed E-state index contributed by atoms with van der Waals surface area (Å²) < 4.78 is 2.24. The number of rotatable bonds is 2. The van der Waals surface area contributed by atoms with E-state index in [9.17, 15) is 5.11 Å². The molecular formula is C10H8Br2OS. The van der Waals surface area contributed by atoms with Crippen LogP contribution in [0.2, 0.25) is 0 Å². The van der Waals surface area contributed by atoms with Crippen molar-refractivity contribution in [3.63, 3.8) is 0 Å². The second-order valence-electron chi connectivity index (χ2n) is 2.95. The van der Waals surface area contributed by atoms with Crippen molar-refractivity contribution in [3.8, 4) is 0 Å². The van der Waals surface area contributed by atoms with E-state index in [0.29, 0.717) is 0 Å². The fourth-order valence-corrected chi connectivity index (χ4v) is 3.67. The molecular weight excluding hydrogens is 328 g/mol. The van der Waals surface area contributed by atoms with Crippen LogP contribution in [0.3, 0.4) is 0 Å². The van der Waals surface area contributed by atoms with Gasteiger partial charge in [0, 0.05) is 20.1 Å². The van der Waals surface area contributed by atoms with Crippen LogP contribution in [0.25, 0.3) is 10.1 Å². The second-order valence-corrected chi connectivity index (χ2v) is 5.28. The molecule has 1 nitrogen and oxygen atoms in total. The molecule has 0 aliphatic rings. The molecule has 0 unspecified atom stereocenters. The Hall–Kier alpha value is 0.1000. The van der Waals surface area contributed by atoms with Crippen molar-refractivity contribution in [2.45, 2.75) is 11.9 Å². The van der Waals surface area contributed by atoms with Gasteiger partial charge in [0.15, 0.2) is 0 Å². The van der Waals surface area contributed by atoms with E-state index in [1.807, 2.05) is 0 Å². The molecule has 0 aliphatic heterocycles. The lowest BCUT2D eigenvalue weighted by Gasteiger charge is -2.06. The van der Waals surface area contributed by atoms with Crippen LogP contribution in [0.15, 0.2) is 22.0 Å². The largest absolute Gasteiger partial charge is 0.392 e. The van der Waals surface area contributed by atoms with Crippen LogP contribution < -0.4 is 0 Å². The molecule has 0 amide bonds. The molecule has 0 bridgehead atoms. The maximum atomic E-state index is 9.26. The summed E-state index contributed by atoms with van der Waals surface area (Å²) in [7, 11) is 0. The second kappa shape index (κ2) is 4.31. The number of thiophene rings is 1. The monoisotopic (exact) mass is 334 g/mol. The third-order valence-corrected chi connectivity index (χ3v) is 4.47. The summed E-state index contributed by atoms with van der Waals surface area (Å²) in [4.78, 5) is 0. The lowest BCUT2D eigenvalue weighted by molar-refractivity contribution is 0.282. The van der Waals surface area contributed by atoms with Gasteiger partial charge in [-0.1, -0.05) is 31.9 Å². The van der Waals surface area contributed by atoms with E-state index >= 15 is 0 Å². The van der Waals surface area contributed by atoms with Crippen molar-refractivity contribution in [2.75, 3.05) is 0 Å². The van der Waals surface area contributed by atoms with Gasteiger partial charge in [0.1, 0.15) is 0 Å². The average molecular weight is 336 g/mol. The van der Waals surface area contributed by atoms with Crippen molar-refractivity contribution in [1.82, 2.24) is 0 Å². The molecule has 0 aliphatic carbocycles. The Morgan fingerprint density at radius 3 is 2.86 bits per heavy atom. The molecule has 0 atom stereocenters. The summed E-state index contributed by atoms with van der Waals surface area (Å²) >= 11 is 8.66. The molecule has 14 heavy (non-hydrogen) atoms. The van der Waals surface area contributed by atoms with Crippen LogP contribution >= 0.6 is 43.2 Å². The van der Waals surface area contributed by atoms with Gasteiger partial charge in [-0.2, -0.15) is 0 Å². The van der Waals surface area contributed by atoms with Crippen molar-refractivity contribution in [2.24, 2.45) is 0 Å². The predicted octanol–water partition coefficient (Wildman–Crippen LogP) is 4.05. The molecule has 1 aromatic heterocycles. The molecule has 0 saturated heterocycles. The first-order chi connectivity index (χ1) is 6.77. The van der Waals surface area contributed by atoms with Crippen LogP contribution in [-0.4, -0.2) is 5.11 Å². The van der Waals surface area contributed by atoms with Gasteiger partial charge in [-0.25, -0.2) is 0 Å². The smallest absolute Gasteiger partial charge is 0.0699 e. The highest BCUT2D eigenvalue weighted by atomic mass is 79.9. The van der Waals surface area contributed by atoms with Gasteiger partial charge in [0.05, 0.1) is 6.61 Å². The fourth-order valence-electron chi connectivity index (χ4n) is 1.49. The number of hydrogen-bond donors (Lipinski definition) is 1. The fraction of sp³-hybridized carbons (Fsp3) is 0.200. The van der Waals surface area contributed by atoms with E-state index in [0.717, 1.165) is 20.8 Å². The lowest BCUT2D eigenvalue weighted by atomic mass is 10.1.